The third kappa shape index (κ3) is 4.78. The highest BCUT2D eigenvalue weighted by atomic mass is 16.1. The predicted octanol–water partition coefficient (Wildman–Crippen LogP) is 4.23. The summed E-state index contributed by atoms with van der Waals surface area (Å²) >= 11 is 0. The topological polar surface area (TPSA) is 17.1 Å². The lowest BCUT2D eigenvalue weighted by Gasteiger charge is -2.00. The standard InChI is InChI=1S/C14H20O/c1-2-3-4-5-9-12-14(15)13-10-7-6-8-11-13/h6-8,10-11H,2-5,9,12H2,1H3. The summed E-state index contributed by atoms with van der Waals surface area (Å²) in [5, 5.41) is 0. The lowest BCUT2D eigenvalue weighted by molar-refractivity contribution is 0.0979. The Morgan fingerprint density at radius 1 is 1.00 bits per heavy atom. The van der Waals surface area contributed by atoms with Gasteiger partial charge in [0.25, 0.3) is 0 Å². The molecule has 0 atom stereocenters. The zero-order valence-electron chi connectivity index (χ0n) is 9.54. The molecule has 1 aromatic rings. The van der Waals surface area contributed by atoms with Gasteiger partial charge in [-0.15, -0.1) is 0 Å². The molecule has 1 aromatic carbocycles. The summed E-state index contributed by atoms with van der Waals surface area (Å²) in [6.45, 7) is 2.20. The van der Waals surface area contributed by atoms with E-state index < -0.39 is 0 Å². The molecule has 0 heterocycles. The van der Waals surface area contributed by atoms with Crippen molar-refractivity contribution in [3.8, 4) is 0 Å². The summed E-state index contributed by atoms with van der Waals surface area (Å²) in [7, 11) is 0. The first-order valence-electron chi connectivity index (χ1n) is 5.93. The van der Waals surface area contributed by atoms with Gasteiger partial charge in [-0.2, -0.15) is 0 Å². The maximum Gasteiger partial charge on any atom is 0.162 e. The SMILES string of the molecule is CCCCCCCC(=O)c1ccccc1. The number of carbonyl (C=O) groups excluding carboxylic acids is 1. The van der Waals surface area contributed by atoms with Crippen LogP contribution in [-0.2, 0) is 0 Å². The fourth-order valence-corrected chi connectivity index (χ4v) is 1.66. The molecule has 0 aliphatic rings. The van der Waals surface area contributed by atoms with Gasteiger partial charge in [-0.3, -0.25) is 4.79 Å². The van der Waals surface area contributed by atoms with Crippen LogP contribution in [0, 0.1) is 0 Å². The molecule has 82 valence electrons. The van der Waals surface area contributed by atoms with Gasteiger partial charge in [0.1, 0.15) is 0 Å². The van der Waals surface area contributed by atoms with Gasteiger partial charge in [0.05, 0.1) is 0 Å². The smallest absolute Gasteiger partial charge is 0.162 e. The molecule has 0 aliphatic heterocycles. The van der Waals surface area contributed by atoms with Crippen LogP contribution in [0.25, 0.3) is 0 Å². The Balaban J connectivity index is 2.20. The van der Waals surface area contributed by atoms with Crippen molar-refractivity contribution in [2.24, 2.45) is 0 Å². The summed E-state index contributed by atoms with van der Waals surface area (Å²) < 4.78 is 0. The molecular formula is C14H20O. The maximum atomic E-state index is 11.7. The van der Waals surface area contributed by atoms with E-state index in [1.54, 1.807) is 0 Å². The first kappa shape index (κ1) is 12.0. The lowest BCUT2D eigenvalue weighted by atomic mass is 10.0. The molecule has 0 bridgehead atoms. The summed E-state index contributed by atoms with van der Waals surface area (Å²) in [5.41, 5.74) is 0.855. The van der Waals surface area contributed by atoms with Crippen LogP contribution < -0.4 is 0 Å². The third-order valence-corrected chi connectivity index (χ3v) is 2.60. The summed E-state index contributed by atoms with van der Waals surface area (Å²) in [4.78, 5) is 11.7. The van der Waals surface area contributed by atoms with Crippen molar-refractivity contribution < 1.29 is 4.79 Å². The monoisotopic (exact) mass is 204 g/mol. The molecule has 0 spiro atoms. The van der Waals surface area contributed by atoms with Gasteiger partial charge in [0, 0.05) is 12.0 Å². The molecule has 0 radical (unpaired) electrons. The number of unbranched alkanes of at least 4 members (excludes halogenated alkanes) is 4. The van der Waals surface area contributed by atoms with Crippen LogP contribution in [0.5, 0.6) is 0 Å². The van der Waals surface area contributed by atoms with Gasteiger partial charge in [-0.1, -0.05) is 62.9 Å². The predicted molar refractivity (Wildman–Crippen MR) is 64.1 cm³/mol. The number of ketones is 1. The van der Waals surface area contributed by atoms with E-state index >= 15 is 0 Å². The Hall–Kier alpha value is -1.11. The minimum Gasteiger partial charge on any atom is -0.294 e. The number of carbonyl (C=O) groups is 1. The Bertz CT molecular complexity index is 277. The second-order valence-electron chi connectivity index (χ2n) is 3.95. The molecule has 0 amide bonds. The molecule has 0 saturated heterocycles. The molecule has 0 saturated carbocycles. The zero-order chi connectivity index (χ0) is 10.9. The number of hydrogen-bond acceptors (Lipinski definition) is 1. The fraction of sp³-hybridized carbons (Fsp3) is 0.500. The van der Waals surface area contributed by atoms with E-state index in [2.05, 4.69) is 6.92 Å². The zero-order valence-corrected chi connectivity index (χ0v) is 9.54. The molecular weight excluding hydrogens is 184 g/mol. The van der Waals surface area contributed by atoms with Crippen LogP contribution in [0.3, 0.4) is 0 Å². The van der Waals surface area contributed by atoms with Crippen molar-refractivity contribution in [1.82, 2.24) is 0 Å². The first-order valence-corrected chi connectivity index (χ1v) is 5.93. The van der Waals surface area contributed by atoms with E-state index in [4.69, 9.17) is 0 Å². The number of Topliss-reactive ketones (excluding diaryl/α,β-unsaturated/α-hetero) is 1. The normalized spacial score (nSPS) is 10.2. The van der Waals surface area contributed by atoms with Crippen molar-refractivity contribution in [3.63, 3.8) is 0 Å². The van der Waals surface area contributed by atoms with Crippen LogP contribution in [0.4, 0.5) is 0 Å². The molecule has 1 nitrogen and oxygen atoms in total. The van der Waals surface area contributed by atoms with Gasteiger partial charge < -0.3 is 0 Å². The van der Waals surface area contributed by atoms with Gasteiger partial charge in [-0.05, 0) is 6.42 Å². The summed E-state index contributed by atoms with van der Waals surface area (Å²) in [6.07, 6.45) is 6.73. The molecule has 1 rings (SSSR count). The van der Waals surface area contributed by atoms with Crippen LogP contribution in [0.1, 0.15) is 55.8 Å². The van der Waals surface area contributed by atoms with E-state index in [0.29, 0.717) is 6.42 Å². The van der Waals surface area contributed by atoms with Gasteiger partial charge in [0.2, 0.25) is 0 Å². The quantitative estimate of drug-likeness (QED) is 0.480. The number of hydrogen-bond donors (Lipinski definition) is 0. The highest BCUT2D eigenvalue weighted by Gasteiger charge is 2.03. The van der Waals surface area contributed by atoms with Crippen molar-refractivity contribution in [2.75, 3.05) is 0 Å². The average molecular weight is 204 g/mol. The van der Waals surface area contributed by atoms with Crippen LogP contribution in [0.2, 0.25) is 0 Å². The first-order chi connectivity index (χ1) is 7.34. The lowest BCUT2D eigenvalue weighted by Crippen LogP contribution is -1.98. The highest BCUT2D eigenvalue weighted by Crippen LogP contribution is 2.09. The molecule has 0 fully saturated rings. The van der Waals surface area contributed by atoms with E-state index in [0.717, 1.165) is 12.0 Å². The van der Waals surface area contributed by atoms with Crippen LogP contribution in [-0.4, -0.2) is 5.78 Å². The van der Waals surface area contributed by atoms with E-state index in [-0.39, 0.29) is 5.78 Å². The molecule has 15 heavy (non-hydrogen) atoms. The van der Waals surface area contributed by atoms with E-state index in [9.17, 15) is 4.79 Å². The molecule has 0 unspecified atom stereocenters. The van der Waals surface area contributed by atoms with E-state index in [1.165, 1.54) is 25.7 Å². The molecule has 0 N–H and O–H groups in total. The van der Waals surface area contributed by atoms with Gasteiger partial charge in [0.15, 0.2) is 5.78 Å². The van der Waals surface area contributed by atoms with Crippen molar-refractivity contribution in [1.29, 1.82) is 0 Å². The molecule has 0 aliphatic carbocycles. The van der Waals surface area contributed by atoms with E-state index in [1.807, 2.05) is 30.3 Å². The Kier molecular flexibility index (Phi) is 5.76. The van der Waals surface area contributed by atoms with Crippen molar-refractivity contribution in [2.45, 2.75) is 45.4 Å². The minimum absolute atomic E-state index is 0.284. The van der Waals surface area contributed by atoms with Crippen molar-refractivity contribution >= 4 is 5.78 Å². The van der Waals surface area contributed by atoms with Gasteiger partial charge in [-0.25, -0.2) is 0 Å². The Morgan fingerprint density at radius 2 is 1.67 bits per heavy atom. The second kappa shape index (κ2) is 7.22. The van der Waals surface area contributed by atoms with Crippen LogP contribution >= 0.6 is 0 Å². The molecule has 1 heteroatoms. The Labute approximate surface area is 92.5 Å². The minimum atomic E-state index is 0.284. The van der Waals surface area contributed by atoms with Gasteiger partial charge >= 0.3 is 0 Å². The largest absolute Gasteiger partial charge is 0.294 e. The Morgan fingerprint density at radius 3 is 2.33 bits per heavy atom. The van der Waals surface area contributed by atoms with Crippen LogP contribution in [0.15, 0.2) is 30.3 Å². The highest BCUT2D eigenvalue weighted by molar-refractivity contribution is 5.95. The van der Waals surface area contributed by atoms with Crippen molar-refractivity contribution in [3.05, 3.63) is 35.9 Å². The number of benzene rings is 1. The molecule has 0 aromatic heterocycles. The number of rotatable bonds is 7. The third-order valence-electron chi connectivity index (χ3n) is 2.60. The fourth-order valence-electron chi connectivity index (χ4n) is 1.66. The summed E-state index contributed by atoms with van der Waals surface area (Å²) in [5.74, 6) is 0.284. The average Bonchev–Trinajstić information content (AvgIpc) is 2.30. The maximum absolute atomic E-state index is 11.7. The second-order valence-corrected chi connectivity index (χ2v) is 3.95. The summed E-state index contributed by atoms with van der Waals surface area (Å²) in [6, 6.07) is 9.58.